The molecule has 0 bridgehead atoms. The van der Waals surface area contributed by atoms with Crippen LogP contribution in [0.15, 0.2) is 34.8 Å². The Morgan fingerprint density at radius 3 is 2.62 bits per heavy atom. The highest BCUT2D eigenvalue weighted by atomic mass is 79.9. The van der Waals surface area contributed by atoms with Crippen LogP contribution in [0.3, 0.4) is 0 Å². The van der Waals surface area contributed by atoms with Crippen LogP contribution in [0.2, 0.25) is 10.0 Å². The molecule has 0 spiro atoms. The molecule has 0 aliphatic carbocycles. The van der Waals surface area contributed by atoms with Gasteiger partial charge in [0.2, 0.25) is 0 Å². The molecule has 21 heavy (non-hydrogen) atoms. The minimum Gasteiger partial charge on any atom is -0.493 e. The topological polar surface area (TPSA) is 38.3 Å². The number of carbonyl (C=O) groups excluding carboxylic acids is 1. The zero-order valence-corrected chi connectivity index (χ0v) is 13.8. The van der Waals surface area contributed by atoms with E-state index < -0.39 is 11.7 Å². The summed E-state index contributed by atoms with van der Waals surface area (Å²) in [4.78, 5) is 12.2. The minimum absolute atomic E-state index is 0.166. The number of benzene rings is 2. The lowest BCUT2D eigenvalue weighted by Crippen LogP contribution is -2.14. The third-order valence-electron chi connectivity index (χ3n) is 2.63. The molecular formula is C14H9BrCl2FNO2. The molecule has 3 nitrogen and oxygen atoms in total. The van der Waals surface area contributed by atoms with E-state index in [4.69, 9.17) is 27.9 Å². The molecule has 7 heteroatoms. The standard InChI is InChI=1S/C14H9BrCl2FNO2/c1-21-13-10(15)5-8(17)6-12(13)19-14(20)9-4-7(16)2-3-11(9)18/h2-6H,1H3,(H,19,20). The summed E-state index contributed by atoms with van der Waals surface area (Å²) in [5, 5.41) is 3.21. The number of nitrogens with one attached hydrogen (secondary N) is 1. The van der Waals surface area contributed by atoms with E-state index in [1.54, 1.807) is 6.07 Å². The first-order valence-corrected chi connectivity index (χ1v) is 7.26. The number of hydrogen-bond acceptors (Lipinski definition) is 2. The zero-order valence-electron chi connectivity index (χ0n) is 10.7. The van der Waals surface area contributed by atoms with Gasteiger partial charge in [0, 0.05) is 10.0 Å². The molecule has 1 amide bonds. The Kier molecular flexibility index (Phi) is 5.08. The van der Waals surface area contributed by atoms with E-state index in [0.717, 1.165) is 6.07 Å². The smallest absolute Gasteiger partial charge is 0.258 e. The van der Waals surface area contributed by atoms with Gasteiger partial charge < -0.3 is 10.1 Å². The van der Waals surface area contributed by atoms with E-state index in [0.29, 0.717) is 20.9 Å². The van der Waals surface area contributed by atoms with Crippen molar-refractivity contribution in [2.24, 2.45) is 0 Å². The number of halogens is 4. The van der Waals surface area contributed by atoms with Gasteiger partial charge >= 0.3 is 0 Å². The van der Waals surface area contributed by atoms with Gasteiger partial charge in [-0.25, -0.2) is 4.39 Å². The third kappa shape index (κ3) is 3.67. The molecule has 0 radical (unpaired) electrons. The van der Waals surface area contributed by atoms with E-state index in [-0.39, 0.29) is 10.6 Å². The van der Waals surface area contributed by atoms with Crippen LogP contribution in [0.4, 0.5) is 10.1 Å². The normalized spacial score (nSPS) is 10.3. The van der Waals surface area contributed by atoms with Gasteiger partial charge in [-0.2, -0.15) is 0 Å². The van der Waals surface area contributed by atoms with Crippen LogP contribution in [-0.4, -0.2) is 13.0 Å². The lowest BCUT2D eigenvalue weighted by Gasteiger charge is -2.13. The van der Waals surface area contributed by atoms with E-state index in [1.807, 2.05) is 0 Å². The summed E-state index contributed by atoms with van der Waals surface area (Å²) in [5.41, 5.74) is 0.155. The van der Waals surface area contributed by atoms with Crippen molar-refractivity contribution >= 4 is 50.7 Å². The molecule has 0 atom stereocenters. The average Bonchev–Trinajstić information content (AvgIpc) is 2.41. The van der Waals surface area contributed by atoms with Crippen molar-refractivity contribution < 1.29 is 13.9 Å². The van der Waals surface area contributed by atoms with Crippen molar-refractivity contribution in [3.05, 3.63) is 56.2 Å². The van der Waals surface area contributed by atoms with Crippen molar-refractivity contribution in [3.63, 3.8) is 0 Å². The molecule has 0 aliphatic rings. The summed E-state index contributed by atoms with van der Waals surface area (Å²) >= 11 is 15.0. The van der Waals surface area contributed by atoms with Gasteiger partial charge in [-0.3, -0.25) is 4.79 Å². The summed E-state index contributed by atoms with van der Waals surface area (Å²) in [5.74, 6) is -0.936. The van der Waals surface area contributed by atoms with Crippen LogP contribution in [0.5, 0.6) is 5.75 Å². The van der Waals surface area contributed by atoms with Crippen molar-refractivity contribution in [1.82, 2.24) is 0 Å². The summed E-state index contributed by atoms with van der Waals surface area (Å²) in [6, 6.07) is 6.87. The molecule has 0 aromatic heterocycles. The molecular weight excluding hydrogens is 384 g/mol. The monoisotopic (exact) mass is 391 g/mol. The minimum atomic E-state index is -0.669. The number of anilines is 1. The largest absolute Gasteiger partial charge is 0.493 e. The molecule has 0 saturated carbocycles. The lowest BCUT2D eigenvalue weighted by molar-refractivity contribution is 0.102. The van der Waals surface area contributed by atoms with Gasteiger partial charge in [-0.1, -0.05) is 23.2 Å². The van der Waals surface area contributed by atoms with Crippen molar-refractivity contribution in [1.29, 1.82) is 0 Å². The van der Waals surface area contributed by atoms with Gasteiger partial charge in [-0.15, -0.1) is 0 Å². The molecule has 0 fully saturated rings. The van der Waals surface area contributed by atoms with Crippen LogP contribution >= 0.6 is 39.1 Å². The Bertz CT molecular complexity index is 710. The van der Waals surface area contributed by atoms with Gasteiger partial charge in [-0.05, 0) is 46.3 Å². The fraction of sp³-hybridized carbons (Fsp3) is 0.0714. The second-order valence-electron chi connectivity index (χ2n) is 4.05. The van der Waals surface area contributed by atoms with Crippen LogP contribution < -0.4 is 10.1 Å². The van der Waals surface area contributed by atoms with Crippen molar-refractivity contribution in [3.8, 4) is 5.75 Å². The second-order valence-corrected chi connectivity index (χ2v) is 5.77. The Hall–Kier alpha value is -1.30. The molecule has 0 unspecified atom stereocenters. The highest BCUT2D eigenvalue weighted by molar-refractivity contribution is 9.10. The average molecular weight is 393 g/mol. The number of carbonyl (C=O) groups is 1. The molecule has 2 rings (SSSR count). The number of ether oxygens (including phenoxy) is 1. The summed E-state index contributed by atoms with van der Waals surface area (Å²) in [7, 11) is 1.45. The predicted octanol–water partition coefficient (Wildman–Crippen LogP) is 5.16. The number of hydrogen-bond donors (Lipinski definition) is 1. The maximum atomic E-state index is 13.7. The summed E-state index contributed by atoms with van der Waals surface area (Å²) in [6.07, 6.45) is 0. The lowest BCUT2D eigenvalue weighted by atomic mass is 10.2. The van der Waals surface area contributed by atoms with Crippen LogP contribution in [0.1, 0.15) is 10.4 Å². The zero-order chi connectivity index (χ0) is 15.6. The Morgan fingerprint density at radius 1 is 1.24 bits per heavy atom. The van der Waals surface area contributed by atoms with E-state index in [2.05, 4.69) is 21.2 Å². The Balaban J connectivity index is 2.38. The Labute approximate surface area is 139 Å². The first-order valence-electron chi connectivity index (χ1n) is 5.72. The van der Waals surface area contributed by atoms with Gasteiger partial charge in [0.05, 0.1) is 22.8 Å². The SMILES string of the molecule is COc1c(Br)cc(Cl)cc1NC(=O)c1cc(Cl)ccc1F. The highest BCUT2D eigenvalue weighted by Gasteiger charge is 2.16. The van der Waals surface area contributed by atoms with Crippen molar-refractivity contribution in [2.45, 2.75) is 0 Å². The van der Waals surface area contributed by atoms with Crippen LogP contribution in [-0.2, 0) is 0 Å². The van der Waals surface area contributed by atoms with Gasteiger partial charge in [0.15, 0.2) is 5.75 Å². The predicted molar refractivity (Wildman–Crippen MR) is 85.1 cm³/mol. The number of rotatable bonds is 3. The fourth-order valence-corrected chi connectivity index (χ4v) is 2.87. The van der Waals surface area contributed by atoms with Crippen molar-refractivity contribution in [2.75, 3.05) is 12.4 Å². The van der Waals surface area contributed by atoms with E-state index >= 15 is 0 Å². The molecule has 2 aromatic carbocycles. The quantitative estimate of drug-likeness (QED) is 0.783. The highest BCUT2D eigenvalue weighted by Crippen LogP contribution is 2.36. The Morgan fingerprint density at radius 2 is 1.95 bits per heavy atom. The van der Waals surface area contributed by atoms with Crippen LogP contribution in [0.25, 0.3) is 0 Å². The van der Waals surface area contributed by atoms with Gasteiger partial charge in [0.1, 0.15) is 5.82 Å². The fourth-order valence-electron chi connectivity index (χ4n) is 1.72. The molecule has 110 valence electrons. The maximum absolute atomic E-state index is 13.7. The van der Waals surface area contributed by atoms with E-state index in [9.17, 15) is 9.18 Å². The first-order chi connectivity index (χ1) is 9.92. The summed E-state index contributed by atoms with van der Waals surface area (Å²) < 4.78 is 19.4. The van der Waals surface area contributed by atoms with Crippen LogP contribution in [0, 0.1) is 5.82 Å². The number of amides is 1. The molecule has 0 heterocycles. The molecule has 0 saturated heterocycles. The molecule has 1 N–H and O–H groups in total. The molecule has 2 aromatic rings. The second kappa shape index (κ2) is 6.64. The third-order valence-corrected chi connectivity index (χ3v) is 3.68. The first kappa shape index (κ1) is 16.1. The van der Waals surface area contributed by atoms with E-state index in [1.165, 1.54) is 25.3 Å². The maximum Gasteiger partial charge on any atom is 0.258 e. The summed E-state index contributed by atoms with van der Waals surface area (Å²) in [6.45, 7) is 0. The molecule has 0 aliphatic heterocycles. The number of methoxy groups -OCH3 is 1. The van der Waals surface area contributed by atoms with Gasteiger partial charge in [0.25, 0.3) is 5.91 Å².